The number of benzene rings is 2. The molecule has 2 aromatic carbocycles. The van der Waals surface area contributed by atoms with Crippen LogP contribution < -0.4 is 5.32 Å². The van der Waals surface area contributed by atoms with Gasteiger partial charge in [0.15, 0.2) is 0 Å². The zero-order valence-electron chi connectivity index (χ0n) is 12.1. The van der Waals surface area contributed by atoms with Crippen LogP contribution in [-0.2, 0) is 4.79 Å². The van der Waals surface area contributed by atoms with E-state index in [1.54, 1.807) is 0 Å². The number of aryl methyl sites for hydroxylation is 1. The summed E-state index contributed by atoms with van der Waals surface area (Å²) >= 11 is 3.39. The highest BCUT2D eigenvalue weighted by atomic mass is 79.9. The van der Waals surface area contributed by atoms with E-state index < -0.39 is 0 Å². The zero-order valence-corrected chi connectivity index (χ0v) is 13.7. The molecule has 3 rings (SSSR count). The van der Waals surface area contributed by atoms with Crippen molar-refractivity contribution >= 4 is 44.6 Å². The molecule has 4 heteroatoms. The van der Waals surface area contributed by atoms with Crippen LogP contribution in [0.2, 0.25) is 0 Å². The molecule has 0 saturated heterocycles. The number of halogens is 1. The molecule has 0 amide bonds. The first-order valence-corrected chi connectivity index (χ1v) is 7.92. The lowest BCUT2D eigenvalue weighted by molar-refractivity contribution is -0.107. The molecular formula is C18H15BrN2O. The summed E-state index contributed by atoms with van der Waals surface area (Å²) in [4.78, 5) is 15.5. The van der Waals surface area contributed by atoms with Crippen LogP contribution in [-0.4, -0.2) is 11.3 Å². The molecule has 0 radical (unpaired) electrons. The second-order valence-electron chi connectivity index (χ2n) is 5.10. The summed E-state index contributed by atoms with van der Waals surface area (Å²) in [5.74, 6) is 0.803. The summed E-state index contributed by atoms with van der Waals surface area (Å²) in [6.07, 6.45) is 0.876. The monoisotopic (exact) mass is 354 g/mol. The van der Waals surface area contributed by atoms with Gasteiger partial charge in [-0.2, -0.15) is 0 Å². The Hall–Kier alpha value is -2.20. The number of nitrogens with zero attached hydrogens (tertiary/aromatic N) is 1. The molecule has 0 aliphatic carbocycles. The topological polar surface area (TPSA) is 42.0 Å². The average molecular weight is 355 g/mol. The molecule has 1 heterocycles. The number of aromatic nitrogens is 1. The number of pyridine rings is 1. The summed E-state index contributed by atoms with van der Waals surface area (Å²) < 4.78 is 0. The fourth-order valence-electron chi connectivity index (χ4n) is 2.41. The van der Waals surface area contributed by atoms with Gasteiger partial charge < -0.3 is 10.1 Å². The minimum Gasteiger partial charge on any atom is -0.340 e. The van der Waals surface area contributed by atoms with Crippen LogP contribution in [0.3, 0.4) is 0 Å². The quantitative estimate of drug-likeness (QED) is 0.533. The van der Waals surface area contributed by atoms with Crippen LogP contribution >= 0.6 is 15.9 Å². The van der Waals surface area contributed by atoms with Crippen molar-refractivity contribution in [3.63, 3.8) is 0 Å². The van der Waals surface area contributed by atoms with Crippen LogP contribution in [0.15, 0.2) is 54.6 Å². The molecule has 0 spiro atoms. The first-order chi connectivity index (χ1) is 10.7. The highest BCUT2D eigenvalue weighted by Crippen LogP contribution is 2.30. The number of para-hydroxylation sites is 2. The van der Waals surface area contributed by atoms with Crippen molar-refractivity contribution in [2.45, 2.75) is 11.8 Å². The van der Waals surface area contributed by atoms with Gasteiger partial charge in [-0.15, -0.1) is 0 Å². The number of carbonyl (C=O) groups is 1. The highest BCUT2D eigenvalue weighted by molar-refractivity contribution is 9.09. The lowest BCUT2D eigenvalue weighted by Gasteiger charge is -2.13. The van der Waals surface area contributed by atoms with Crippen molar-refractivity contribution in [3.8, 4) is 0 Å². The minimum absolute atomic E-state index is 0.351. The molecule has 1 N–H and O–H groups in total. The molecular weight excluding hydrogens is 340 g/mol. The summed E-state index contributed by atoms with van der Waals surface area (Å²) in [5.41, 5.74) is 3.76. The van der Waals surface area contributed by atoms with E-state index in [4.69, 9.17) is 4.98 Å². The maximum absolute atomic E-state index is 11.1. The van der Waals surface area contributed by atoms with E-state index in [9.17, 15) is 4.79 Å². The first-order valence-electron chi connectivity index (χ1n) is 7.01. The third-order valence-corrected chi connectivity index (χ3v) is 4.23. The van der Waals surface area contributed by atoms with E-state index >= 15 is 0 Å². The van der Waals surface area contributed by atoms with E-state index in [1.807, 2.05) is 55.5 Å². The largest absolute Gasteiger partial charge is 0.340 e. The number of carbonyl (C=O) groups excluding carboxylic acids is 1. The number of rotatable bonds is 4. The number of alkyl halides is 1. The normalized spacial score (nSPS) is 12.1. The molecule has 0 bridgehead atoms. The van der Waals surface area contributed by atoms with Crippen LogP contribution in [0, 0.1) is 6.92 Å². The van der Waals surface area contributed by atoms with Gasteiger partial charge in [-0.3, -0.25) is 0 Å². The van der Waals surface area contributed by atoms with Gasteiger partial charge in [0, 0.05) is 11.1 Å². The van der Waals surface area contributed by atoms with Crippen LogP contribution in [0.25, 0.3) is 10.9 Å². The Labute approximate surface area is 137 Å². The van der Waals surface area contributed by atoms with E-state index in [1.165, 1.54) is 0 Å². The standard InChI is InChI=1S/C18H15BrN2O/c1-12-10-13-6-5-9-15(16(19)11-22)17(13)21-18(12)20-14-7-3-2-4-8-14/h2-11,16H,1H3,(H,20,21). The lowest BCUT2D eigenvalue weighted by atomic mass is 10.1. The Balaban J connectivity index is 2.11. The van der Waals surface area contributed by atoms with Crippen LogP contribution in [0.1, 0.15) is 16.0 Å². The number of fused-ring (bicyclic) bond motifs is 1. The SMILES string of the molecule is Cc1cc2cccc(C(Br)C=O)c2nc1Nc1ccccc1. The predicted octanol–water partition coefficient (Wildman–Crippen LogP) is 4.92. The van der Waals surface area contributed by atoms with Crippen molar-refractivity contribution < 1.29 is 4.79 Å². The molecule has 0 aliphatic heterocycles. The zero-order chi connectivity index (χ0) is 15.5. The second kappa shape index (κ2) is 6.28. The average Bonchev–Trinajstić information content (AvgIpc) is 2.55. The summed E-state index contributed by atoms with van der Waals surface area (Å²) in [6.45, 7) is 2.02. The fourth-order valence-corrected chi connectivity index (χ4v) is 2.78. The maximum atomic E-state index is 11.1. The van der Waals surface area contributed by atoms with E-state index in [0.717, 1.165) is 39.8 Å². The van der Waals surface area contributed by atoms with E-state index in [0.29, 0.717) is 0 Å². The van der Waals surface area contributed by atoms with Gasteiger partial charge in [0.05, 0.1) is 10.3 Å². The van der Waals surface area contributed by atoms with Crippen LogP contribution in [0.5, 0.6) is 0 Å². The molecule has 3 nitrogen and oxygen atoms in total. The Morgan fingerprint density at radius 3 is 2.64 bits per heavy atom. The third kappa shape index (κ3) is 2.88. The first kappa shape index (κ1) is 14.7. The minimum atomic E-state index is -0.351. The molecule has 110 valence electrons. The molecule has 3 aromatic rings. The highest BCUT2D eigenvalue weighted by Gasteiger charge is 2.13. The van der Waals surface area contributed by atoms with Gasteiger partial charge in [0.25, 0.3) is 0 Å². The fraction of sp³-hybridized carbons (Fsp3) is 0.111. The third-order valence-electron chi connectivity index (χ3n) is 3.52. The van der Waals surface area contributed by atoms with Gasteiger partial charge in [-0.1, -0.05) is 52.3 Å². The lowest BCUT2D eigenvalue weighted by Crippen LogP contribution is -2.00. The number of nitrogens with one attached hydrogen (secondary N) is 1. The second-order valence-corrected chi connectivity index (χ2v) is 6.09. The number of hydrogen-bond donors (Lipinski definition) is 1. The summed E-state index contributed by atoms with van der Waals surface area (Å²) in [6, 6.07) is 17.9. The van der Waals surface area contributed by atoms with Gasteiger partial charge in [-0.25, -0.2) is 4.98 Å². The number of anilines is 2. The predicted molar refractivity (Wildman–Crippen MR) is 93.9 cm³/mol. The molecule has 0 fully saturated rings. The number of aldehydes is 1. The van der Waals surface area contributed by atoms with Crippen molar-refractivity contribution in [1.29, 1.82) is 0 Å². The van der Waals surface area contributed by atoms with Crippen molar-refractivity contribution in [1.82, 2.24) is 4.98 Å². The van der Waals surface area contributed by atoms with Crippen molar-refractivity contribution in [2.24, 2.45) is 0 Å². The van der Waals surface area contributed by atoms with E-state index in [-0.39, 0.29) is 4.83 Å². The van der Waals surface area contributed by atoms with Gasteiger partial charge >= 0.3 is 0 Å². The molecule has 1 atom stereocenters. The molecule has 0 aliphatic rings. The molecule has 1 aromatic heterocycles. The van der Waals surface area contributed by atoms with Gasteiger partial charge in [-0.05, 0) is 36.2 Å². The van der Waals surface area contributed by atoms with E-state index in [2.05, 4.69) is 27.3 Å². The Bertz CT molecular complexity index is 818. The Morgan fingerprint density at radius 1 is 1.14 bits per heavy atom. The van der Waals surface area contributed by atoms with Crippen molar-refractivity contribution in [2.75, 3.05) is 5.32 Å². The van der Waals surface area contributed by atoms with Crippen LogP contribution in [0.4, 0.5) is 11.5 Å². The summed E-state index contributed by atoms with van der Waals surface area (Å²) in [5, 5.41) is 4.36. The molecule has 0 saturated carbocycles. The van der Waals surface area contributed by atoms with Crippen molar-refractivity contribution in [3.05, 3.63) is 65.7 Å². The number of hydrogen-bond acceptors (Lipinski definition) is 3. The smallest absolute Gasteiger partial charge is 0.138 e. The Kier molecular flexibility index (Phi) is 4.20. The van der Waals surface area contributed by atoms with Gasteiger partial charge in [0.2, 0.25) is 0 Å². The molecule has 22 heavy (non-hydrogen) atoms. The maximum Gasteiger partial charge on any atom is 0.138 e. The molecule has 1 unspecified atom stereocenters. The van der Waals surface area contributed by atoms with Gasteiger partial charge in [0.1, 0.15) is 12.1 Å². The summed E-state index contributed by atoms with van der Waals surface area (Å²) in [7, 11) is 0. The Morgan fingerprint density at radius 2 is 1.91 bits per heavy atom.